The van der Waals surface area contributed by atoms with Gasteiger partial charge >= 0.3 is 5.97 Å². The number of carbonyl (C=O) groups is 2. The predicted molar refractivity (Wildman–Crippen MR) is 81.6 cm³/mol. The van der Waals surface area contributed by atoms with Crippen molar-refractivity contribution in [1.82, 2.24) is 0 Å². The Hall–Kier alpha value is -2.53. The second kappa shape index (κ2) is 6.28. The van der Waals surface area contributed by atoms with E-state index < -0.39 is 5.97 Å². The molecule has 0 saturated heterocycles. The molecule has 0 atom stereocenters. The zero-order valence-electron chi connectivity index (χ0n) is 11.0. The minimum atomic E-state index is -1.16. The minimum Gasteiger partial charge on any atom is -0.478 e. The number of hydrogen-bond donors (Lipinski definition) is 3. The molecule has 0 aliphatic carbocycles. The standard InChI is InChI=1S/C15H13ClN2O3/c16-10-4-5-13(12(8-10)15(20)21)18-14(19)7-9-2-1-3-11(17)6-9/h1-6,8H,7,17H2,(H,18,19)(H,20,21). The van der Waals surface area contributed by atoms with Gasteiger partial charge in [0, 0.05) is 10.7 Å². The fraction of sp³-hybridized carbons (Fsp3) is 0.0667. The summed E-state index contributed by atoms with van der Waals surface area (Å²) < 4.78 is 0. The number of carboxylic acids is 1. The summed E-state index contributed by atoms with van der Waals surface area (Å²) in [6, 6.07) is 11.2. The van der Waals surface area contributed by atoms with Crippen molar-refractivity contribution in [3.05, 3.63) is 58.6 Å². The second-order valence-electron chi connectivity index (χ2n) is 4.47. The van der Waals surface area contributed by atoms with Gasteiger partial charge in [-0.3, -0.25) is 4.79 Å². The summed E-state index contributed by atoms with van der Waals surface area (Å²) in [5.74, 6) is -1.48. The molecule has 21 heavy (non-hydrogen) atoms. The van der Waals surface area contributed by atoms with E-state index in [4.69, 9.17) is 22.4 Å². The number of nitrogens with one attached hydrogen (secondary N) is 1. The summed E-state index contributed by atoms with van der Waals surface area (Å²) in [7, 11) is 0. The van der Waals surface area contributed by atoms with Crippen molar-refractivity contribution in [2.75, 3.05) is 11.1 Å². The summed E-state index contributed by atoms with van der Waals surface area (Å²) in [4.78, 5) is 23.1. The van der Waals surface area contributed by atoms with E-state index in [2.05, 4.69) is 5.32 Å². The first-order valence-electron chi connectivity index (χ1n) is 6.13. The molecular formula is C15H13ClN2O3. The van der Waals surface area contributed by atoms with Gasteiger partial charge < -0.3 is 16.2 Å². The normalized spacial score (nSPS) is 10.1. The van der Waals surface area contributed by atoms with Crippen LogP contribution in [-0.4, -0.2) is 17.0 Å². The third-order valence-electron chi connectivity index (χ3n) is 2.80. The lowest BCUT2D eigenvalue weighted by Crippen LogP contribution is -2.16. The van der Waals surface area contributed by atoms with E-state index in [1.54, 1.807) is 24.3 Å². The topological polar surface area (TPSA) is 92.4 Å². The maximum absolute atomic E-state index is 12.0. The number of benzene rings is 2. The second-order valence-corrected chi connectivity index (χ2v) is 4.90. The molecule has 6 heteroatoms. The van der Waals surface area contributed by atoms with Crippen molar-refractivity contribution >= 4 is 34.9 Å². The Labute approximate surface area is 126 Å². The average molecular weight is 305 g/mol. The Morgan fingerprint density at radius 1 is 1.19 bits per heavy atom. The average Bonchev–Trinajstić information content (AvgIpc) is 2.40. The van der Waals surface area contributed by atoms with Crippen molar-refractivity contribution in [2.24, 2.45) is 0 Å². The van der Waals surface area contributed by atoms with E-state index >= 15 is 0 Å². The number of carboxylic acid groups (broad SMARTS) is 1. The predicted octanol–water partition coefficient (Wildman–Crippen LogP) is 2.80. The van der Waals surface area contributed by atoms with Gasteiger partial charge in [0.1, 0.15) is 0 Å². The van der Waals surface area contributed by atoms with Crippen molar-refractivity contribution < 1.29 is 14.7 Å². The van der Waals surface area contributed by atoms with Crippen LogP contribution in [0, 0.1) is 0 Å². The molecular weight excluding hydrogens is 292 g/mol. The number of carbonyl (C=O) groups excluding carboxylic acids is 1. The van der Waals surface area contributed by atoms with E-state index in [1.807, 2.05) is 0 Å². The van der Waals surface area contributed by atoms with Crippen LogP contribution in [0.1, 0.15) is 15.9 Å². The van der Waals surface area contributed by atoms with Gasteiger partial charge in [-0.1, -0.05) is 23.7 Å². The number of aromatic carboxylic acids is 1. The molecule has 0 heterocycles. The maximum atomic E-state index is 12.0. The van der Waals surface area contributed by atoms with Crippen LogP contribution in [-0.2, 0) is 11.2 Å². The number of nitrogens with two attached hydrogens (primary N) is 1. The lowest BCUT2D eigenvalue weighted by atomic mass is 10.1. The van der Waals surface area contributed by atoms with E-state index in [-0.39, 0.29) is 23.6 Å². The Morgan fingerprint density at radius 2 is 1.95 bits per heavy atom. The Kier molecular flexibility index (Phi) is 4.45. The van der Waals surface area contributed by atoms with E-state index in [9.17, 15) is 9.59 Å². The number of rotatable bonds is 4. The first-order chi connectivity index (χ1) is 9.95. The Balaban J connectivity index is 2.15. The molecule has 2 aromatic rings. The summed E-state index contributed by atoms with van der Waals surface area (Å²) >= 11 is 5.75. The highest BCUT2D eigenvalue weighted by atomic mass is 35.5. The summed E-state index contributed by atoms with van der Waals surface area (Å²) in [5, 5.41) is 12.0. The highest BCUT2D eigenvalue weighted by molar-refractivity contribution is 6.31. The molecule has 0 aromatic heterocycles. The lowest BCUT2D eigenvalue weighted by Gasteiger charge is -2.09. The number of halogens is 1. The van der Waals surface area contributed by atoms with Crippen LogP contribution in [0.15, 0.2) is 42.5 Å². The van der Waals surface area contributed by atoms with Crippen LogP contribution in [0.3, 0.4) is 0 Å². The molecule has 0 radical (unpaired) electrons. The highest BCUT2D eigenvalue weighted by Gasteiger charge is 2.13. The van der Waals surface area contributed by atoms with E-state index in [0.29, 0.717) is 10.7 Å². The quantitative estimate of drug-likeness (QED) is 0.757. The molecule has 4 N–H and O–H groups in total. The molecule has 0 aliphatic heterocycles. The molecule has 2 aromatic carbocycles. The van der Waals surface area contributed by atoms with Crippen LogP contribution in [0.5, 0.6) is 0 Å². The third kappa shape index (κ3) is 3.97. The zero-order chi connectivity index (χ0) is 15.4. The molecule has 0 fully saturated rings. The number of anilines is 2. The van der Waals surface area contributed by atoms with Crippen LogP contribution in [0.4, 0.5) is 11.4 Å². The smallest absolute Gasteiger partial charge is 0.337 e. The molecule has 0 saturated carbocycles. The summed E-state index contributed by atoms with van der Waals surface area (Å²) in [5.41, 5.74) is 7.12. The van der Waals surface area contributed by atoms with Crippen molar-refractivity contribution in [3.8, 4) is 0 Å². The molecule has 0 aliphatic rings. The van der Waals surface area contributed by atoms with Gasteiger partial charge in [-0.2, -0.15) is 0 Å². The first-order valence-corrected chi connectivity index (χ1v) is 6.50. The minimum absolute atomic E-state index is 0.0524. The molecule has 0 bridgehead atoms. The lowest BCUT2D eigenvalue weighted by molar-refractivity contribution is -0.115. The number of hydrogen-bond acceptors (Lipinski definition) is 3. The van der Waals surface area contributed by atoms with Crippen molar-refractivity contribution in [1.29, 1.82) is 0 Å². The first kappa shape index (κ1) is 14.9. The highest BCUT2D eigenvalue weighted by Crippen LogP contribution is 2.21. The monoisotopic (exact) mass is 304 g/mol. The van der Waals surface area contributed by atoms with Gasteiger partial charge in [0.15, 0.2) is 0 Å². The molecule has 2 rings (SSSR count). The molecule has 1 amide bonds. The SMILES string of the molecule is Nc1cccc(CC(=O)Nc2ccc(Cl)cc2C(=O)O)c1. The van der Waals surface area contributed by atoms with E-state index in [1.165, 1.54) is 18.2 Å². The molecule has 0 unspecified atom stereocenters. The van der Waals surface area contributed by atoms with Crippen LogP contribution < -0.4 is 11.1 Å². The zero-order valence-corrected chi connectivity index (χ0v) is 11.7. The molecule has 108 valence electrons. The maximum Gasteiger partial charge on any atom is 0.337 e. The van der Waals surface area contributed by atoms with Gasteiger partial charge in [-0.25, -0.2) is 4.79 Å². The van der Waals surface area contributed by atoms with Crippen LogP contribution in [0.2, 0.25) is 5.02 Å². The van der Waals surface area contributed by atoms with Gasteiger partial charge in [-0.05, 0) is 35.9 Å². The molecule has 5 nitrogen and oxygen atoms in total. The fourth-order valence-electron chi connectivity index (χ4n) is 1.89. The van der Waals surface area contributed by atoms with E-state index in [0.717, 1.165) is 5.56 Å². The number of nitrogen functional groups attached to an aromatic ring is 1. The van der Waals surface area contributed by atoms with Gasteiger partial charge in [0.2, 0.25) is 5.91 Å². The van der Waals surface area contributed by atoms with Gasteiger partial charge in [0.25, 0.3) is 0 Å². The third-order valence-corrected chi connectivity index (χ3v) is 3.04. The molecule has 0 spiro atoms. The largest absolute Gasteiger partial charge is 0.478 e. The Bertz CT molecular complexity index is 701. The fourth-order valence-corrected chi connectivity index (χ4v) is 2.06. The van der Waals surface area contributed by atoms with Crippen molar-refractivity contribution in [2.45, 2.75) is 6.42 Å². The summed E-state index contributed by atoms with van der Waals surface area (Å²) in [6.45, 7) is 0. The van der Waals surface area contributed by atoms with Crippen molar-refractivity contribution in [3.63, 3.8) is 0 Å². The van der Waals surface area contributed by atoms with Crippen LogP contribution >= 0.6 is 11.6 Å². The van der Waals surface area contributed by atoms with Crippen LogP contribution in [0.25, 0.3) is 0 Å². The number of amides is 1. The Morgan fingerprint density at radius 3 is 2.62 bits per heavy atom. The van der Waals surface area contributed by atoms with Gasteiger partial charge in [-0.15, -0.1) is 0 Å². The van der Waals surface area contributed by atoms with Gasteiger partial charge in [0.05, 0.1) is 17.7 Å². The summed E-state index contributed by atoms with van der Waals surface area (Å²) in [6.07, 6.45) is 0.104.